The third-order valence-electron chi connectivity index (χ3n) is 4.34. The summed E-state index contributed by atoms with van der Waals surface area (Å²) >= 11 is 0. The second-order valence-electron chi connectivity index (χ2n) is 5.85. The molecule has 1 heterocycles. The van der Waals surface area contributed by atoms with Gasteiger partial charge in [0.15, 0.2) is 0 Å². The van der Waals surface area contributed by atoms with Gasteiger partial charge in [-0.15, -0.1) is 0 Å². The Hall–Kier alpha value is -1.90. The van der Waals surface area contributed by atoms with E-state index in [1.54, 1.807) is 0 Å². The Labute approximate surface area is 132 Å². The number of aryl methyl sites for hydroxylation is 1. The van der Waals surface area contributed by atoms with Crippen LogP contribution in [0, 0.1) is 0 Å². The molecule has 0 fully saturated rings. The van der Waals surface area contributed by atoms with Gasteiger partial charge in [-0.25, -0.2) is 0 Å². The molecule has 1 N–H and O–H groups in total. The lowest BCUT2D eigenvalue weighted by atomic mass is 9.99. The minimum atomic E-state index is -0.353. The maximum atomic E-state index is 10.4. The van der Waals surface area contributed by atoms with Gasteiger partial charge in [0.05, 0.1) is 0 Å². The summed E-state index contributed by atoms with van der Waals surface area (Å²) in [6.45, 7) is 1.76. The van der Waals surface area contributed by atoms with Crippen molar-refractivity contribution < 1.29 is 5.11 Å². The molecule has 1 aliphatic heterocycles. The van der Waals surface area contributed by atoms with E-state index in [2.05, 4.69) is 59.5 Å². The Balaban J connectivity index is 1.53. The summed E-state index contributed by atoms with van der Waals surface area (Å²) in [5.41, 5.74) is 3.99. The monoisotopic (exact) mass is 293 g/mol. The Morgan fingerprint density at radius 1 is 0.955 bits per heavy atom. The lowest BCUT2D eigenvalue weighted by Gasteiger charge is -2.31. The largest absolute Gasteiger partial charge is 0.378 e. The smallest absolute Gasteiger partial charge is 0.107 e. The van der Waals surface area contributed by atoms with E-state index in [0.717, 1.165) is 32.4 Å². The molecule has 1 aliphatic rings. The number of nitrogens with zero attached hydrogens (tertiary/aromatic N) is 1. The first-order valence-corrected chi connectivity index (χ1v) is 8.03. The third-order valence-corrected chi connectivity index (χ3v) is 4.34. The van der Waals surface area contributed by atoms with Crippen LogP contribution in [-0.4, -0.2) is 29.3 Å². The topological polar surface area (TPSA) is 23.5 Å². The van der Waals surface area contributed by atoms with E-state index in [9.17, 15) is 5.11 Å². The molecule has 2 aromatic carbocycles. The Morgan fingerprint density at radius 3 is 2.27 bits per heavy atom. The number of aliphatic hydroxyl groups is 1. The maximum absolute atomic E-state index is 10.4. The Morgan fingerprint density at radius 2 is 1.64 bits per heavy atom. The van der Waals surface area contributed by atoms with E-state index in [1.165, 1.54) is 16.7 Å². The zero-order valence-corrected chi connectivity index (χ0v) is 12.9. The van der Waals surface area contributed by atoms with E-state index in [0.29, 0.717) is 0 Å². The molecule has 0 aromatic heterocycles. The standard InChI is InChI=1S/C20H23NO/c22-20(12-11-17-7-3-1-4-8-17)21-15-13-19(14-16-21)18-9-5-2-6-10-18/h1-10,13,20,22H,11-12,14-16H2/t20-/m1/s1. The van der Waals surface area contributed by atoms with Crippen LogP contribution in [0.2, 0.25) is 0 Å². The fourth-order valence-electron chi connectivity index (χ4n) is 2.99. The molecular formula is C20H23NO. The number of rotatable bonds is 5. The Kier molecular flexibility index (Phi) is 5.04. The van der Waals surface area contributed by atoms with Crippen molar-refractivity contribution in [2.75, 3.05) is 13.1 Å². The number of hydrogen-bond acceptors (Lipinski definition) is 2. The van der Waals surface area contributed by atoms with Crippen molar-refractivity contribution in [1.82, 2.24) is 4.90 Å². The molecule has 0 bridgehead atoms. The molecule has 0 saturated heterocycles. The molecule has 114 valence electrons. The predicted octanol–water partition coefficient (Wildman–Crippen LogP) is 3.73. The predicted molar refractivity (Wildman–Crippen MR) is 91.4 cm³/mol. The fourth-order valence-corrected chi connectivity index (χ4v) is 2.99. The number of hydrogen-bond donors (Lipinski definition) is 1. The molecule has 3 rings (SSSR count). The molecule has 2 heteroatoms. The summed E-state index contributed by atoms with van der Waals surface area (Å²) in [5.74, 6) is 0. The van der Waals surface area contributed by atoms with E-state index < -0.39 is 0 Å². The average Bonchev–Trinajstić information content (AvgIpc) is 2.61. The molecule has 0 unspecified atom stereocenters. The van der Waals surface area contributed by atoms with Crippen LogP contribution < -0.4 is 0 Å². The zero-order chi connectivity index (χ0) is 15.2. The summed E-state index contributed by atoms with van der Waals surface area (Å²) < 4.78 is 0. The number of aliphatic hydroxyl groups excluding tert-OH is 1. The van der Waals surface area contributed by atoms with E-state index in [4.69, 9.17) is 0 Å². The van der Waals surface area contributed by atoms with Gasteiger partial charge in [0.1, 0.15) is 6.23 Å². The first-order valence-electron chi connectivity index (χ1n) is 8.03. The highest BCUT2D eigenvalue weighted by molar-refractivity contribution is 5.66. The van der Waals surface area contributed by atoms with Gasteiger partial charge in [0, 0.05) is 13.1 Å². The molecule has 22 heavy (non-hydrogen) atoms. The van der Waals surface area contributed by atoms with Crippen LogP contribution in [0.25, 0.3) is 5.57 Å². The molecule has 2 nitrogen and oxygen atoms in total. The third kappa shape index (κ3) is 3.85. The molecule has 0 amide bonds. The van der Waals surface area contributed by atoms with Crippen molar-refractivity contribution >= 4 is 5.57 Å². The van der Waals surface area contributed by atoms with Gasteiger partial charge in [0.2, 0.25) is 0 Å². The van der Waals surface area contributed by atoms with Gasteiger partial charge in [-0.2, -0.15) is 0 Å². The van der Waals surface area contributed by atoms with Crippen LogP contribution in [0.5, 0.6) is 0 Å². The number of benzene rings is 2. The highest BCUT2D eigenvalue weighted by Gasteiger charge is 2.19. The van der Waals surface area contributed by atoms with Crippen molar-refractivity contribution in [1.29, 1.82) is 0 Å². The molecule has 0 spiro atoms. The van der Waals surface area contributed by atoms with Crippen LogP contribution in [0.3, 0.4) is 0 Å². The maximum Gasteiger partial charge on any atom is 0.107 e. The van der Waals surface area contributed by atoms with E-state index >= 15 is 0 Å². The summed E-state index contributed by atoms with van der Waals surface area (Å²) in [5, 5.41) is 10.4. The molecular weight excluding hydrogens is 270 g/mol. The van der Waals surface area contributed by atoms with Crippen LogP contribution in [0.15, 0.2) is 66.7 Å². The summed E-state index contributed by atoms with van der Waals surface area (Å²) in [6.07, 6.45) is 4.62. The lowest BCUT2D eigenvalue weighted by Crippen LogP contribution is -2.38. The second kappa shape index (κ2) is 7.39. The highest BCUT2D eigenvalue weighted by atomic mass is 16.3. The van der Waals surface area contributed by atoms with Crippen LogP contribution in [-0.2, 0) is 6.42 Å². The van der Waals surface area contributed by atoms with Crippen molar-refractivity contribution in [3.05, 3.63) is 77.9 Å². The second-order valence-corrected chi connectivity index (χ2v) is 5.85. The van der Waals surface area contributed by atoms with Gasteiger partial charge >= 0.3 is 0 Å². The van der Waals surface area contributed by atoms with Gasteiger partial charge < -0.3 is 5.11 Å². The van der Waals surface area contributed by atoms with Gasteiger partial charge in [-0.05, 0) is 36.0 Å². The summed E-state index contributed by atoms with van der Waals surface area (Å²) in [7, 11) is 0. The average molecular weight is 293 g/mol. The van der Waals surface area contributed by atoms with E-state index in [-0.39, 0.29) is 6.23 Å². The van der Waals surface area contributed by atoms with Crippen molar-refractivity contribution in [3.8, 4) is 0 Å². The zero-order valence-electron chi connectivity index (χ0n) is 12.9. The molecule has 0 aliphatic carbocycles. The van der Waals surface area contributed by atoms with Crippen LogP contribution in [0.4, 0.5) is 0 Å². The summed E-state index contributed by atoms with van der Waals surface area (Å²) in [6, 6.07) is 20.9. The SMILES string of the molecule is O[C@H](CCc1ccccc1)N1CC=C(c2ccccc2)CC1. The molecule has 2 aromatic rings. The van der Waals surface area contributed by atoms with Crippen molar-refractivity contribution in [2.24, 2.45) is 0 Å². The van der Waals surface area contributed by atoms with Gasteiger partial charge in [-0.1, -0.05) is 66.7 Å². The minimum Gasteiger partial charge on any atom is -0.378 e. The van der Waals surface area contributed by atoms with Crippen LogP contribution in [0.1, 0.15) is 24.0 Å². The minimum absolute atomic E-state index is 0.353. The first kappa shape index (κ1) is 15.0. The lowest BCUT2D eigenvalue weighted by molar-refractivity contribution is 0.00509. The molecule has 0 saturated carbocycles. The fraction of sp³-hybridized carbons (Fsp3) is 0.300. The normalized spacial score (nSPS) is 17.0. The highest BCUT2D eigenvalue weighted by Crippen LogP contribution is 2.23. The first-order chi connectivity index (χ1) is 10.8. The van der Waals surface area contributed by atoms with Gasteiger partial charge in [-0.3, -0.25) is 4.90 Å². The quantitative estimate of drug-likeness (QED) is 0.908. The Bertz CT molecular complexity index is 606. The van der Waals surface area contributed by atoms with Gasteiger partial charge in [0.25, 0.3) is 0 Å². The van der Waals surface area contributed by atoms with Crippen LogP contribution >= 0.6 is 0 Å². The summed E-state index contributed by atoms with van der Waals surface area (Å²) in [4.78, 5) is 2.16. The molecule has 1 atom stereocenters. The van der Waals surface area contributed by atoms with E-state index in [1.807, 2.05) is 12.1 Å². The van der Waals surface area contributed by atoms with Crippen molar-refractivity contribution in [2.45, 2.75) is 25.5 Å². The van der Waals surface area contributed by atoms with Crippen molar-refractivity contribution in [3.63, 3.8) is 0 Å². The molecule has 0 radical (unpaired) electrons.